The van der Waals surface area contributed by atoms with Gasteiger partial charge in [0.05, 0.1) is 19.1 Å². The fourth-order valence-electron chi connectivity index (χ4n) is 3.88. The molecule has 2 aromatic carbocycles. The predicted molar refractivity (Wildman–Crippen MR) is 143 cm³/mol. The number of ether oxygens (including phenoxy) is 1. The van der Waals surface area contributed by atoms with Crippen LogP contribution in [0.2, 0.25) is 0 Å². The number of carbonyl (C=O) groups excluding carboxylic acids is 2. The van der Waals surface area contributed by atoms with Crippen LogP contribution in [-0.4, -0.2) is 57.6 Å². The molecule has 204 valence electrons. The second-order valence-corrected chi connectivity index (χ2v) is 11.3. The summed E-state index contributed by atoms with van der Waals surface area (Å²) < 4.78 is 44.4. The maximum absolute atomic E-state index is 13.4. The molecule has 1 atom stereocenters. The standard InChI is InChI=1S/C27H38FN3O5S/c1-6-25(27(33)29-18-20(2)3)30(19-21-9-15-24(36-4)16-10-21)26(32)8-7-17-31(37(5,34)35)23-13-11-22(28)12-14-23/h9-16,20,25H,6-8,17-19H2,1-5H3,(H,29,33)/t25-/m1/s1. The molecule has 0 aromatic heterocycles. The van der Waals surface area contributed by atoms with E-state index in [9.17, 15) is 22.4 Å². The van der Waals surface area contributed by atoms with Crippen molar-refractivity contribution in [3.63, 3.8) is 0 Å². The fourth-order valence-corrected chi connectivity index (χ4v) is 4.85. The van der Waals surface area contributed by atoms with Gasteiger partial charge in [-0.05, 0) is 60.7 Å². The van der Waals surface area contributed by atoms with Crippen molar-refractivity contribution in [2.75, 3.05) is 30.8 Å². The highest BCUT2D eigenvalue weighted by Crippen LogP contribution is 2.21. The summed E-state index contributed by atoms with van der Waals surface area (Å²) in [5.41, 5.74) is 1.17. The molecule has 0 heterocycles. The number of benzene rings is 2. The molecule has 2 amide bonds. The third-order valence-electron chi connectivity index (χ3n) is 5.85. The number of hydrogen-bond acceptors (Lipinski definition) is 5. The molecule has 0 spiro atoms. The number of methoxy groups -OCH3 is 1. The van der Waals surface area contributed by atoms with E-state index >= 15 is 0 Å². The Bertz CT molecular complexity index is 1120. The van der Waals surface area contributed by atoms with Crippen LogP contribution in [0.4, 0.5) is 10.1 Å². The van der Waals surface area contributed by atoms with Crippen molar-refractivity contribution in [2.45, 2.75) is 52.6 Å². The zero-order valence-corrected chi connectivity index (χ0v) is 23.1. The minimum atomic E-state index is -3.64. The summed E-state index contributed by atoms with van der Waals surface area (Å²) in [6.45, 7) is 6.62. The van der Waals surface area contributed by atoms with Gasteiger partial charge >= 0.3 is 0 Å². The van der Waals surface area contributed by atoms with Gasteiger partial charge in [0, 0.05) is 26.1 Å². The number of sulfonamides is 1. The van der Waals surface area contributed by atoms with Crippen molar-refractivity contribution in [1.82, 2.24) is 10.2 Å². The molecular formula is C27H38FN3O5S. The number of carbonyl (C=O) groups is 2. The van der Waals surface area contributed by atoms with E-state index in [1.165, 1.54) is 24.3 Å². The molecule has 0 saturated carbocycles. The predicted octanol–water partition coefficient (Wildman–Crippen LogP) is 3.96. The molecule has 8 nitrogen and oxygen atoms in total. The van der Waals surface area contributed by atoms with E-state index in [0.29, 0.717) is 24.4 Å². The Morgan fingerprint density at radius 3 is 2.19 bits per heavy atom. The average molecular weight is 536 g/mol. The largest absolute Gasteiger partial charge is 0.497 e. The Labute approximate surface area is 219 Å². The Balaban J connectivity index is 2.20. The van der Waals surface area contributed by atoms with Crippen LogP contribution in [0.15, 0.2) is 48.5 Å². The summed E-state index contributed by atoms with van der Waals surface area (Å²) in [6.07, 6.45) is 1.76. The molecule has 0 aliphatic rings. The number of rotatable bonds is 14. The molecule has 0 radical (unpaired) electrons. The summed E-state index contributed by atoms with van der Waals surface area (Å²) in [7, 11) is -2.07. The summed E-state index contributed by atoms with van der Waals surface area (Å²) in [5, 5.41) is 2.92. The third kappa shape index (κ3) is 9.35. The van der Waals surface area contributed by atoms with Gasteiger partial charge in [-0.2, -0.15) is 0 Å². The Hall–Kier alpha value is -3.14. The number of hydrogen-bond donors (Lipinski definition) is 1. The van der Waals surface area contributed by atoms with Gasteiger partial charge in [-0.15, -0.1) is 0 Å². The SMILES string of the molecule is CC[C@H](C(=O)NCC(C)C)N(Cc1ccc(OC)cc1)C(=O)CCCN(c1ccc(F)cc1)S(C)(=O)=O. The zero-order valence-electron chi connectivity index (χ0n) is 22.2. The normalized spacial score (nSPS) is 12.2. The molecular weight excluding hydrogens is 497 g/mol. The third-order valence-corrected chi connectivity index (χ3v) is 7.04. The van der Waals surface area contributed by atoms with Crippen LogP contribution < -0.4 is 14.4 Å². The van der Waals surface area contributed by atoms with Crippen molar-refractivity contribution < 1.29 is 27.1 Å². The van der Waals surface area contributed by atoms with Crippen molar-refractivity contribution in [3.05, 3.63) is 59.9 Å². The molecule has 0 aliphatic carbocycles. The number of amides is 2. The van der Waals surface area contributed by atoms with Gasteiger partial charge in [0.1, 0.15) is 17.6 Å². The van der Waals surface area contributed by atoms with Gasteiger partial charge in [0.25, 0.3) is 0 Å². The highest BCUT2D eigenvalue weighted by Gasteiger charge is 2.29. The first-order valence-corrected chi connectivity index (χ1v) is 14.2. The molecule has 0 unspecified atom stereocenters. The van der Waals surface area contributed by atoms with Crippen LogP contribution in [0.1, 0.15) is 45.6 Å². The summed E-state index contributed by atoms with van der Waals surface area (Å²) in [4.78, 5) is 28.0. The van der Waals surface area contributed by atoms with Gasteiger partial charge in [-0.3, -0.25) is 13.9 Å². The van der Waals surface area contributed by atoms with Gasteiger partial charge in [-0.25, -0.2) is 12.8 Å². The van der Waals surface area contributed by atoms with E-state index in [1.807, 2.05) is 32.9 Å². The van der Waals surface area contributed by atoms with E-state index in [4.69, 9.17) is 4.74 Å². The summed E-state index contributed by atoms with van der Waals surface area (Å²) >= 11 is 0. The molecule has 2 aromatic rings. The van der Waals surface area contributed by atoms with Crippen molar-refractivity contribution in [1.29, 1.82) is 0 Å². The molecule has 0 fully saturated rings. The number of halogens is 1. The second-order valence-electron chi connectivity index (χ2n) is 9.35. The topological polar surface area (TPSA) is 96.0 Å². The molecule has 0 aliphatic heterocycles. The maximum Gasteiger partial charge on any atom is 0.242 e. The van der Waals surface area contributed by atoms with Gasteiger partial charge < -0.3 is 15.0 Å². The molecule has 0 saturated heterocycles. The van der Waals surface area contributed by atoms with Crippen LogP contribution in [-0.2, 0) is 26.2 Å². The van der Waals surface area contributed by atoms with E-state index in [1.54, 1.807) is 24.1 Å². The van der Waals surface area contributed by atoms with Crippen molar-refractivity contribution in [2.24, 2.45) is 5.92 Å². The Morgan fingerprint density at radius 1 is 1.05 bits per heavy atom. The molecule has 10 heteroatoms. The van der Waals surface area contributed by atoms with Crippen molar-refractivity contribution >= 4 is 27.5 Å². The molecule has 37 heavy (non-hydrogen) atoms. The molecule has 1 N–H and O–H groups in total. The number of anilines is 1. The Kier molecular flexibility index (Phi) is 11.4. The minimum absolute atomic E-state index is 0.0390. The van der Waals surface area contributed by atoms with E-state index in [0.717, 1.165) is 16.1 Å². The van der Waals surface area contributed by atoms with Crippen LogP contribution in [0.25, 0.3) is 0 Å². The quantitative estimate of drug-likeness (QED) is 0.395. The van der Waals surface area contributed by atoms with Crippen LogP contribution in [0.5, 0.6) is 5.75 Å². The van der Waals surface area contributed by atoms with Gasteiger partial charge in [0.2, 0.25) is 21.8 Å². The Morgan fingerprint density at radius 2 is 1.68 bits per heavy atom. The lowest BCUT2D eigenvalue weighted by atomic mass is 10.1. The molecule has 2 rings (SSSR count). The zero-order chi connectivity index (χ0) is 27.6. The summed E-state index contributed by atoms with van der Waals surface area (Å²) in [5.74, 6) is 0.00518. The first kappa shape index (κ1) is 30.1. The smallest absolute Gasteiger partial charge is 0.242 e. The minimum Gasteiger partial charge on any atom is -0.497 e. The van der Waals surface area contributed by atoms with E-state index < -0.39 is 21.9 Å². The first-order chi connectivity index (χ1) is 17.5. The van der Waals surface area contributed by atoms with Gasteiger partial charge in [-0.1, -0.05) is 32.9 Å². The van der Waals surface area contributed by atoms with E-state index in [-0.39, 0.29) is 43.7 Å². The maximum atomic E-state index is 13.4. The lowest BCUT2D eigenvalue weighted by Crippen LogP contribution is -2.49. The molecule has 0 bridgehead atoms. The summed E-state index contributed by atoms with van der Waals surface area (Å²) in [6, 6.07) is 11.8. The highest BCUT2D eigenvalue weighted by molar-refractivity contribution is 7.92. The monoisotopic (exact) mass is 535 g/mol. The number of nitrogens with zero attached hydrogens (tertiary/aromatic N) is 2. The lowest BCUT2D eigenvalue weighted by molar-refractivity contribution is -0.141. The lowest BCUT2D eigenvalue weighted by Gasteiger charge is -2.31. The van der Waals surface area contributed by atoms with Crippen LogP contribution in [0, 0.1) is 11.7 Å². The van der Waals surface area contributed by atoms with Crippen LogP contribution in [0.3, 0.4) is 0 Å². The average Bonchev–Trinajstić information content (AvgIpc) is 2.85. The first-order valence-electron chi connectivity index (χ1n) is 12.4. The van der Waals surface area contributed by atoms with Gasteiger partial charge in [0.15, 0.2) is 0 Å². The number of nitrogens with one attached hydrogen (secondary N) is 1. The van der Waals surface area contributed by atoms with Crippen molar-refractivity contribution in [3.8, 4) is 5.75 Å². The van der Waals surface area contributed by atoms with E-state index in [2.05, 4.69) is 5.32 Å². The highest BCUT2D eigenvalue weighted by atomic mass is 32.2. The second kappa shape index (κ2) is 14.0. The fraction of sp³-hybridized carbons (Fsp3) is 0.481. The van der Waals surface area contributed by atoms with Crippen LogP contribution >= 0.6 is 0 Å².